The third kappa shape index (κ3) is 4.70. The van der Waals surface area contributed by atoms with Gasteiger partial charge in [-0.2, -0.15) is 5.26 Å². The summed E-state index contributed by atoms with van der Waals surface area (Å²) in [5.41, 5.74) is 2.03. The minimum Gasteiger partial charge on any atom is -0.322 e. The molecule has 3 rings (SSSR count). The molecule has 2 N–H and O–H groups in total. The van der Waals surface area contributed by atoms with Crippen molar-refractivity contribution in [2.24, 2.45) is 0 Å². The number of pyridine rings is 1. The van der Waals surface area contributed by atoms with E-state index in [0.29, 0.717) is 22.5 Å². The van der Waals surface area contributed by atoms with Crippen molar-refractivity contribution >= 4 is 29.0 Å². The Morgan fingerprint density at radius 1 is 0.897 bits per heavy atom. The molecule has 0 saturated heterocycles. The van der Waals surface area contributed by atoms with Crippen molar-refractivity contribution in [1.29, 1.82) is 5.26 Å². The third-order valence-corrected chi connectivity index (χ3v) is 4.10. The number of ketones is 1. The van der Waals surface area contributed by atoms with Gasteiger partial charge in [-0.25, -0.2) is 0 Å². The van der Waals surface area contributed by atoms with Crippen molar-refractivity contribution in [1.82, 2.24) is 4.98 Å². The summed E-state index contributed by atoms with van der Waals surface area (Å²) in [5, 5.41) is 14.4. The molecule has 0 atom stereocenters. The molecule has 7 nitrogen and oxygen atoms in total. The third-order valence-electron chi connectivity index (χ3n) is 4.10. The second-order valence-electron chi connectivity index (χ2n) is 6.13. The minimum atomic E-state index is -0.534. The summed E-state index contributed by atoms with van der Waals surface area (Å²) in [6.07, 6.45) is 1.36. The molecule has 7 heteroatoms. The Balaban J connectivity index is 1.74. The Bertz CT molecular complexity index is 1130. The zero-order valence-corrected chi connectivity index (χ0v) is 15.5. The number of Topliss-reactive ketones (excluding diaryl/α,β-unsaturated/α-hetero) is 1. The number of nitriles is 1. The summed E-state index contributed by atoms with van der Waals surface area (Å²) < 4.78 is 0. The van der Waals surface area contributed by atoms with Crippen LogP contribution in [0.15, 0.2) is 66.9 Å². The van der Waals surface area contributed by atoms with Crippen LogP contribution in [0.3, 0.4) is 0 Å². The normalized spacial score (nSPS) is 9.93. The monoisotopic (exact) mass is 384 g/mol. The average molecular weight is 384 g/mol. The number of aromatic nitrogens is 1. The van der Waals surface area contributed by atoms with Crippen LogP contribution < -0.4 is 10.6 Å². The topological polar surface area (TPSA) is 112 Å². The molecule has 1 heterocycles. The maximum atomic E-state index is 12.5. The standard InChI is InChI=1S/C22H16N4O3/c1-14(27)15-6-8-18(9-7-15)25-21(28)16-10-11-24-20(12-16)22(29)26-19-5-3-2-4-17(19)13-23/h2-12H,1H3,(H,25,28)(H,26,29). The number of amides is 2. The Kier molecular flexibility index (Phi) is 5.76. The van der Waals surface area contributed by atoms with Crippen LogP contribution in [0.1, 0.15) is 43.7 Å². The highest BCUT2D eigenvalue weighted by atomic mass is 16.2. The van der Waals surface area contributed by atoms with E-state index in [9.17, 15) is 14.4 Å². The number of hydrogen-bond donors (Lipinski definition) is 2. The van der Waals surface area contributed by atoms with Gasteiger partial charge in [-0.1, -0.05) is 12.1 Å². The molecule has 0 aliphatic rings. The SMILES string of the molecule is CC(=O)c1ccc(NC(=O)c2ccnc(C(=O)Nc3ccccc3C#N)c2)cc1. The minimum absolute atomic E-state index is 0.0392. The van der Waals surface area contributed by atoms with Crippen molar-refractivity contribution in [2.45, 2.75) is 6.92 Å². The molecule has 0 aliphatic carbocycles. The van der Waals surface area contributed by atoms with E-state index < -0.39 is 11.8 Å². The van der Waals surface area contributed by atoms with Crippen LogP contribution in [0.4, 0.5) is 11.4 Å². The lowest BCUT2D eigenvalue weighted by molar-refractivity contribution is 0.100. The average Bonchev–Trinajstić information content (AvgIpc) is 2.74. The first-order chi connectivity index (χ1) is 14.0. The molecule has 0 unspecified atom stereocenters. The number of rotatable bonds is 5. The second-order valence-corrected chi connectivity index (χ2v) is 6.13. The molecule has 2 aromatic carbocycles. The molecular weight excluding hydrogens is 368 g/mol. The first-order valence-electron chi connectivity index (χ1n) is 8.67. The summed E-state index contributed by atoms with van der Waals surface area (Å²) >= 11 is 0. The fourth-order valence-electron chi connectivity index (χ4n) is 2.56. The van der Waals surface area contributed by atoms with Crippen LogP contribution >= 0.6 is 0 Å². The van der Waals surface area contributed by atoms with Gasteiger partial charge in [0, 0.05) is 23.0 Å². The van der Waals surface area contributed by atoms with E-state index in [0.717, 1.165) is 0 Å². The highest BCUT2D eigenvalue weighted by Crippen LogP contribution is 2.16. The van der Waals surface area contributed by atoms with Crippen LogP contribution in [-0.4, -0.2) is 22.6 Å². The van der Waals surface area contributed by atoms with E-state index in [1.807, 2.05) is 6.07 Å². The van der Waals surface area contributed by atoms with Crippen molar-refractivity contribution in [2.75, 3.05) is 10.6 Å². The molecular formula is C22H16N4O3. The maximum Gasteiger partial charge on any atom is 0.274 e. The zero-order valence-electron chi connectivity index (χ0n) is 15.5. The highest BCUT2D eigenvalue weighted by Gasteiger charge is 2.14. The first kappa shape index (κ1) is 19.5. The van der Waals surface area contributed by atoms with Crippen molar-refractivity contribution in [3.05, 3.63) is 89.2 Å². The van der Waals surface area contributed by atoms with E-state index in [-0.39, 0.29) is 17.0 Å². The Morgan fingerprint density at radius 3 is 2.31 bits per heavy atom. The quantitative estimate of drug-likeness (QED) is 0.652. The predicted octanol–water partition coefficient (Wildman–Crippen LogP) is 3.66. The molecule has 0 spiro atoms. The smallest absolute Gasteiger partial charge is 0.274 e. The van der Waals surface area contributed by atoms with Gasteiger partial charge in [0.2, 0.25) is 0 Å². The zero-order chi connectivity index (χ0) is 20.8. The Hall–Kier alpha value is -4.31. The molecule has 3 aromatic rings. The maximum absolute atomic E-state index is 12.5. The predicted molar refractivity (Wildman–Crippen MR) is 108 cm³/mol. The van der Waals surface area contributed by atoms with E-state index in [4.69, 9.17) is 5.26 Å². The lowest BCUT2D eigenvalue weighted by Crippen LogP contribution is -2.17. The molecule has 142 valence electrons. The van der Waals surface area contributed by atoms with Crippen LogP contribution in [0.25, 0.3) is 0 Å². The number of para-hydroxylation sites is 1. The molecule has 0 radical (unpaired) electrons. The molecule has 0 saturated carbocycles. The van der Waals surface area contributed by atoms with E-state index in [1.54, 1.807) is 48.5 Å². The number of carbonyl (C=O) groups excluding carboxylic acids is 3. The molecule has 0 aliphatic heterocycles. The lowest BCUT2D eigenvalue weighted by Gasteiger charge is -2.08. The van der Waals surface area contributed by atoms with Crippen LogP contribution in [0.5, 0.6) is 0 Å². The van der Waals surface area contributed by atoms with Gasteiger partial charge >= 0.3 is 0 Å². The number of nitrogens with one attached hydrogen (secondary N) is 2. The molecule has 2 amide bonds. The largest absolute Gasteiger partial charge is 0.322 e. The summed E-state index contributed by atoms with van der Waals surface area (Å²) in [7, 11) is 0. The molecule has 1 aromatic heterocycles. The van der Waals surface area contributed by atoms with Gasteiger partial charge in [-0.15, -0.1) is 0 Å². The summed E-state index contributed by atoms with van der Waals surface area (Å²) in [4.78, 5) is 40.3. The Morgan fingerprint density at radius 2 is 1.62 bits per heavy atom. The lowest BCUT2D eigenvalue weighted by atomic mass is 10.1. The molecule has 0 bridgehead atoms. The number of carbonyl (C=O) groups is 3. The van der Waals surface area contributed by atoms with Gasteiger partial charge in [-0.05, 0) is 55.5 Å². The fourth-order valence-corrected chi connectivity index (χ4v) is 2.56. The van der Waals surface area contributed by atoms with E-state index >= 15 is 0 Å². The fraction of sp³-hybridized carbons (Fsp3) is 0.0455. The van der Waals surface area contributed by atoms with Gasteiger partial charge in [0.25, 0.3) is 11.8 Å². The van der Waals surface area contributed by atoms with Gasteiger partial charge in [0.1, 0.15) is 11.8 Å². The van der Waals surface area contributed by atoms with Crippen LogP contribution in [0.2, 0.25) is 0 Å². The highest BCUT2D eigenvalue weighted by molar-refractivity contribution is 6.08. The van der Waals surface area contributed by atoms with Crippen LogP contribution in [0, 0.1) is 11.3 Å². The summed E-state index contributed by atoms with van der Waals surface area (Å²) in [6.45, 7) is 1.46. The van der Waals surface area contributed by atoms with E-state index in [1.165, 1.54) is 25.3 Å². The van der Waals surface area contributed by atoms with Gasteiger partial charge < -0.3 is 10.6 Å². The summed E-state index contributed by atoms with van der Waals surface area (Å²) in [5.74, 6) is -1.02. The van der Waals surface area contributed by atoms with Crippen molar-refractivity contribution in [3.63, 3.8) is 0 Å². The van der Waals surface area contributed by atoms with Crippen LogP contribution in [-0.2, 0) is 0 Å². The number of hydrogen-bond acceptors (Lipinski definition) is 5. The Labute approximate surface area is 167 Å². The van der Waals surface area contributed by atoms with Gasteiger partial charge in [-0.3, -0.25) is 19.4 Å². The number of anilines is 2. The summed E-state index contributed by atoms with van der Waals surface area (Å²) in [6, 6.07) is 17.9. The van der Waals surface area contributed by atoms with Crippen molar-refractivity contribution < 1.29 is 14.4 Å². The molecule has 29 heavy (non-hydrogen) atoms. The first-order valence-corrected chi connectivity index (χ1v) is 8.67. The number of benzene rings is 2. The molecule has 0 fully saturated rings. The van der Waals surface area contributed by atoms with Crippen molar-refractivity contribution in [3.8, 4) is 6.07 Å². The van der Waals surface area contributed by atoms with E-state index in [2.05, 4.69) is 15.6 Å². The van der Waals surface area contributed by atoms with Gasteiger partial charge in [0.15, 0.2) is 5.78 Å². The second kappa shape index (κ2) is 8.59. The number of nitrogens with zero attached hydrogens (tertiary/aromatic N) is 2. The van der Waals surface area contributed by atoms with Gasteiger partial charge in [0.05, 0.1) is 11.3 Å².